The lowest BCUT2D eigenvalue weighted by molar-refractivity contribution is -0.192. The number of hydrogen-bond acceptors (Lipinski definition) is 5. The Morgan fingerprint density at radius 2 is 1.75 bits per heavy atom. The van der Waals surface area contributed by atoms with Gasteiger partial charge in [-0.1, -0.05) is 25.1 Å². The number of nitrogens with one attached hydrogen (secondary N) is 2. The lowest BCUT2D eigenvalue weighted by atomic mass is 9.94. The van der Waals surface area contributed by atoms with Crippen molar-refractivity contribution in [1.29, 1.82) is 0 Å². The number of carboxylic acid groups (broad SMARTS) is 1. The van der Waals surface area contributed by atoms with E-state index in [0.29, 0.717) is 5.69 Å². The molecule has 1 aliphatic carbocycles. The molecule has 1 amide bonds. The van der Waals surface area contributed by atoms with Gasteiger partial charge in [-0.05, 0) is 55.3 Å². The summed E-state index contributed by atoms with van der Waals surface area (Å²) < 4.78 is 59.1. The van der Waals surface area contributed by atoms with Crippen LogP contribution in [0.15, 0.2) is 46.0 Å². The normalized spacial score (nSPS) is 15.7. The van der Waals surface area contributed by atoms with Crippen LogP contribution in [0, 0.1) is 0 Å². The second-order valence-corrected chi connectivity index (χ2v) is 10.1. The molecule has 0 saturated heterocycles. The number of carboxylic acids is 1. The van der Waals surface area contributed by atoms with Gasteiger partial charge in [0.15, 0.2) is 0 Å². The Labute approximate surface area is 187 Å². The van der Waals surface area contributed by atoms with Gasteiger partial charge in [0, 0.05) is 11.7 Å². The average molecular weight is 493 g/mol. The molecule has 1 saturated carbocycles. The molecule has 3 N–H and O–H groups in total. The predicted octanol–water partition coefficient (Wildman–Crippen LogP) is 4.13. The van der Waals surface area contributed by atoms with Crippen molar-refractivity contribution in [2.75, 3.05) is 4.72 Å². The van der Waals surface area contributed by atoms with Crippen molar-refractivity contribution in [3.63, 3.8) is 0 Å². The first-order valence-corrected chi connectivity index (χ1v) is 12.0. The maximum Gasteiger partial charge on any atom is 0.490 e. The van der Waals surface area contributed by atoms with Crippen LogP contribution in [0.3, 0.4) is 0 Å². The Hall–Kier alpha value is -2.60. The number of carbonyl (C=O) groups is 2. The van der Waals surface area contributed by atoms with Crippen LogP contribution in [-0.4, -0.2) is 37.6 Å². The van der Waals surface area contributed by atoms with Crippen LogP contribution in [0.2, 0.25) is 0 Å². The highest BCUT2D eigenvalue weighted by atomic mass is 32.2. The minimum absolute atomic E-state index is 0.0637. The van der Waals surface area contributed by atoms with Crippen molar-refractivity contribution in [3.8, 4) is 0 Å². The van der Waals surface area contributed by atoms with E-state index in [2.05, 4.69) is 10.0 Å². The van der Waals surface area contributed by atoms with Crippen LogP contribution in [0.4, 0.5) is 18.9 Å². The largest absolute Gasteiger partial charge is 0.490 e. The summed E-state index contributed by atoms with van der Waals surface area (Å²) in [5.74, 6) is -2.69. The number of alkyl halides is 3. The zero-order chi connectivity index (χ0) is 24.2. The molecular weight excluding hydrogens is 469 g/mol. The Morgan fingerprint density at radius 1 is 1.19 bits per heavy atom. The molecule has 12 heteroatoms. The highest BCUT2D eigenvalue weighted by Gasteiger charge is 2.51. The van der Waals surface area contributed by atoms with Crippen LogP contribution in [0.1, 0.15) is 38.7 Å². The summed E-state index contributed by atoms with van der Waals surface area (Å²) in [4.78, 5) is 21.4. The number of benzene rings is 1. The molecule has 2 aromatic rings. The van der Waals surface area contributed by atoms with Crippen molar-refractivity contribution >= 4 is 38.9 Å². The molecule has 32 heavy (non-hydrogen) atoms. The highest BCUT2D eigenvalue weighted by molar-refractivity contribution is 7.94. The van der Waals surface area contributed by atoms with E-state index in [0.717, 1.165) is 24.8 Å². The number of amides is 1. The van der Waals surface area contributed by atoms with Gasteiger partial charge < -0.3 is 10.4 Å². The van der Waals surface area contributed by atoms with Crippen LogP contribution < -0.4 is 10.0 Å². The standard InChI is InChI=1S/C18H22N2O3S2.C2HF3O2/c1-3-13(2)19-17(21)18(10-11-18)14-6-8-15(9-7-14)20-25(22,23)16-5-4-12-24-16;3-2(4,5)1(6)7/h4-9,12-13,20H,3,10-11H2,1-2H3,(H,19,21);(H,6,7). The number of halogens is 3. The summed E-state index contributed by atoms with van der Waals surface area (Å²) in [7, 11) is -3.55. The van der Waals surface area contributed by atoms with Crippen molar-refractivity contribution in [3.05, 3.63) is 47.3 Å². The van der Waals surface area contributed by atoms with Gasteiger partial charge in [-0.15, -0.1) is 11.3 Å². The topological polar surface area (TPSA) is 113 Å². The van der Waals surface area contributed by atoms with Crippen molar-refractivity contribution in [2.24, 2.45) is 0 Å². The fourth-order valence-corrected chi connectivity index (χ4v) is 4.77. The molecular formula is C20H23F3N2O5S2. The predicted molar refractivity (Wildman–Crippen MR) is 114 cm³/mol. The molecule has 7 nitrogen and oxygen atoms in total. The quantitative estimate of drug-likeness (QED) is 0.538. The number of carbonyl (C=O) groups excluding carboxylic acids is 1. The SMILES string of the molecule is CCC(C)NC(=O)C1(c2ccc(NS(=O)(=O)c3cccs3)cc2)CC1.O=C(O)C(F)(F)F. The minimum atomic E-state index is -5.08. The molecule has 1 aliphatic rings. The molecule has 0 bridgehead atoms. The number of aliphatic carboxylic acids is 1. The maximum absolute atomic E-state index is 12.5. The summed E-state index contributed by atoms with van der Waals surface area (Å²) in [5.41, 5.74) is 0.983. The van der Waals surface area contributed by atoms with Crippen molar-refractivity contribution in [2.45, 2.75) is 55.0 Å². The summed E-state index contributed by atoms with van der Waals surface area (Å²) >= 11 is 1.17. The first-order chi connectivity index (χ1) is 14.8. The third-order valence-electron chi connectivity index (χ3n) is 4.87. The van der Waals surface area contributed by atoms with E-state index in [-0.39, 0.29) is 16.2 Å². The zero-order valence-electron chi connectivity index (χ0n) is 17.3. The molecule has 0 spiro atoms. The van der Waals surface area contributed by atoms with E-state index in [1.165, 1.54) is 11.3 Å². The first-order valence-electron chi connectivity index (χ1n) is 9.60. The lowest BCUT2D eigenvalue weighted by Gasteiger charge is -2.19. The van der Waals surface area contributed by atoms with Crippen LogP contribution in [0.5, 0.6) is 0 Å². The number of hydrogen-bond donors (Lipinski definition) is 3. The zero-order valence-corrected chi connectivity index (χ0v) is 18.9. The maximum atomic E-state index is 12.5. The van der Waals surface area contributed by atoms with E-state index < -0.39 is 27.6 Å². The van der Waals surface area contributed by atoms with E-state index in [1.807, 2.05) is 26.0 Å². The molecule has 1 aromatic heterocycles. The first kappa shape index (κ1) is 25.7. The number of sulfonamides is 1. The smallest absolute Gasteiger partial charge is 0.475 e. The van der Waals surface area contributed by atoms with Gasteiger partial charge in [0.25, 0.3) is 10.0 Å². The van der Waals surface area contributed by atoms with Crippen LogP contribution in [0.25, 0.3) is 0 Å². The van der Waals surface area contributed by atoms with Gasteiger partial charge in [-0.2, -0.15) is 13.2 Å². The van der Waals surface area contributed by atoms with Crippen molar-refractivity contribution in [1.82, 2.24) is 5.32 Å². The molecule has 1 unspecified atom stereocenters. The monoisotopic (exact) mass is 492 g/mol. The van der Waals surface area contributed by atoms with Gasteiger partial charge in [0.1, 0.15) is 4.21 Å². The summed E-state index contributed by atoms with van der Waals surface area (Å²) in [5, 5.41) is 11.9. The molecule has 0 aliphatic heterocycles. The van der Waals surface area contributed by atoms with Gasteiger partial charge in [0.2, 0.25) is 5.91 Å². The Morgan fingerprint density at radius 3 is 2.16 bits per heavy atom. The van der Waals surface area contributed by atoms with Gasteiger partial charge in [-0.3, -0.25) is 9.52 Å². The molecule has 3 rings (SSSR count). The summed E-state index contributed by atoms with van der Waals surface area (Å²) in [6.45, 7) is 4.04. The second kappa shape index (κ2) is 9.90. The van der Waals surface area contributed by atoms with E-state index >= 15 is 0 Å². The Kier molecular flexibility index (Phi) is 7.94. The Balaban J connectivity index is 0.000000451. The van der Waals surface area contributed by atoms with Gasteiger partial charge in [0.05, 0.1) is 5.41 Å². The molecule has 1 heterocycles. The number of thiophene rings is 1. The molecule has 176 valence electrons. The minimum Gasteiger partial charge on any atom is -0.475 e. The van der Waals surface area contributed by atoms with Gasteiger partial charge >= 0.3 is 12.1 Å². The van der Waals surface area contributed by atoms with Gasteiger partial charge in [-0.25, -0.2) is 13.2 Å². The summed E-state index contributed by atoms with van der Waals surface area (Å²) in [6, 6.07) is 10.6. The molecule has 1 aromatic carbocycles. The van der Waals surface area contributed by atoms with Crippen LogP contribution >= 0.6 is 11.3 Å². The van der Waals surface area contributed by atoms with Crippen LogP contribution in [-0.2, 0) is 25.0 Å². The lowest BCUT2D eigenvalue weighted by Crippen LogP contribution is -2.39. The molecule has 1 fully saturated rings. The van der Waals surface area contributed by atoms with Crippen molar-refractivity contribution < 1.29 is 36.3 Å². The molecule has 0 radical (unpaired) electrons. The average Bonchev–Trinajstić information content (AvgIpc) is 3.32. The summed E-state index contributed by atoms with van der Waals surface area (Å²) in [6.07, 6.45) is -2.53. The fraction of sp³-hybridized carbons (Fsp3) is 0.400. The fourth-order valence-electron chi connectivity index (χ4n) is 2.71. The second-order valence-electron chi connectivity index (χ2n) is 7.28. The number of rotatable bonds is 7. The highest BCUT2D eigenvalue weighted by Crippen LogP contribution is 2.48. The third kappa shape index (κ3) is 6.45. The number of anilines is 1. The third-order valence-corrected chi connectivity index (χ3v) is 7.65. The van der Waals surface area contributed by atoms with E-state index in [4.69, 9.17) is 9.90 Å². The van der Waals surface area contributed by atoms with E-state index in [1.54, 1.807) is 29.6 Å². The Bertz CT molecular complexity index is 1030. The molecule has 1 atom stereocenters. The van der Waals surface area contributed by atoms with E-state index in [9.17, 15) is 26.4 Å².